The van der Waals surface area contributed by atoms with Crippen LogP contribution in [0.1, 0.15) is 28.9 Å². The third-order valence-corrected chi connectivity index (χ3v) is 4.08. The highest BCUT2D eigenvalue weighted by Gasteiger charge is 2.42. The normalized spacial score (nSPS) is 16.0. The maximum Gasteiger partial charge on any atom is 0.416 e. The summed E-state index contributed by atoms with van der Waals surface area (Å²) < 4.78 is 39.3. The summed E-state index contributed by atoms with van der Waals surface area (Å²) in [6.07, 6.45) is -1.50. The number of carbonyl (C=O) groups is 1. The molecule has 0 radical (unpaired) electrons. The standard InChI is InChI=1S/C15H15F3N4O2/c16-15(17,18)10-2-1-3-11(6-10)22-7-12(20-21-22)13(24)19-8-14(9-23)4-5-14/h1-3,6-7,23H,4-5,8-9H2,(H,19,24). The molecule has 3 rings (SSSR count). The Morgan fingerprint density at radius 2 is 2.12 bits per heavy atom. The van der Waals surface area contributed by atoms with Crippen molar-refractivity contribution >= 4 is 5.91 Å². The van der Waals surface area contributed by atoms with E-state index >= 15 is 0 Å². The van der Waals surface area contributed by atoms with Crippen molar-refractivity contribution in [3.05, 3.63) is 41.7 Å². The summed E-state index contributed by atoms with van der Waals surface area (Å²) >= 11 is 0. The lowest BCUT2D eigenvalue weighted by Crippen LogP contribution is -2.32. The first-order valence-corrected chi connectivity index (χ1v) is 7.32. The molecule has 0 saturated heterocycles. The van der Waals surface area contributed by atoms with E-state index in [1.165, 1.54) is 18.3 Å². The van der Waals surface area contributed by atoms with E-state index in [0.29, 0.717) is 6.54 Å². The van der Waals surface area contributed by atoms with E-state index in [1.54, 1.807) is 0 Å². The first-order chi connectivity index (χ1) is 11.3. The number of nitrogens with zero attached hydrogens (tertiary/aromatic N) is 3. The fourth-order valence-corrected chi connectivity index (χ4v) is 2.24. The van der Waals surface area contributed by atoms with Gasteiger partial charge < -0.3 is 10.4 Å². The molecule has 1 aliphatic rings. The number of halogens is 3. The Labute approximate surface area is 135 Å². The molecule has 6 nitrogen and oxygen atoms in total. The Hall–Kier alpha value is -2.42. The van der Waals surface area contributed by atoms with E-state index in [2.05, 4.69) is 15.6 Å². The first-order valence-electron chi connectivity index (χ1n) is 7.32. The molecular formula is C15H15F3N4O2. The van der Waals surface area contributed by atoms with Crippen LogP contribution >= 0.6 is 0 Å². The molecular weight excluding hydrogens is 325 g/mol. The second-order valence-electron chi connectivity index (χ2n) is 5.94. The van der Waals surface area contributed by atoms with Crippen LogP contribution < -0.4 is 5.32 Å². The fraction of sp³-hybridized carbons (Fsp3) is 0.400. The number of aliphatic hydroxyl groups is 1. The molecule has 0 aliphatic heterocycles. The van der Waals surface area contributed by atoms with Gasteiger partial charge in [-0.05, 0) is 31.0 Å². The number of aromatic nitrogens is 3. The Morgan fingerprint density at radius 1 is 1.38 bits per heavy atom. The van der Waals surface area contributed by atoms with Gasteiger partial charge in [-0.3, -0.25) is 4.79 Å². The number of aliphatic hydroxyl groups excluding tert-OH is 1. The van der Waals surface area contributed by atoms with E-state index < -0.39 is 17.6 Å². The molecule has 1 aliphatic carbocycles. The van der Waals surface area contributed by atoms with Crippen molar-refractivity contribution in [2.75, 3.05) is 13.2 Å². The van der Waals surface area contributed by atoms with Crippen LogP contribution in [0.5, 0.6) is 0 Å². The van der Waals surface area contributed by atoms with Gasteiger partial charge in [-0.15, -0.1) is 5.10 Å². The minimum absolute atomic E-state index is 0.00107. The van der Waals surface area contributed by atoms with Gasteiger partial charge in [0.1, 0.15) is 0 Å². The predicted octanol–water partition coefficient (Wildman–Crippen LogP) is 1.79. The number of amides is 1. The van der Waals surface area contributed by atoms with Crippen molar-refractivity contribution in [1.29, 1.82) is 0 Å². The van der Waals surface area contributed by atoms with Crippen molar-refractivity contribution in [2.45, 2.75) is 19.0 Å². The van der Waals surface area contributed by atoms with Gasteiger partial charge in [-0.1, -0.05) is 11.3 Å². The van der Waals surface area contributed by atoms with Crippen LogP contribution in [-0.4, -0.2) is 39.2 Å². The average Bonchev–Trinajstić information content (AvgIpc) is 3.17. The third kappa shape index (κ3) is 3.40. The summed E-state index contributed by atoms with van der Waals surface area (Å²) in [7, 11) is 0. The number of nitrogens with one attached hydrogen (secondary N) is 1. The molecule has 0 unspecified atom stereocenters. The number of hydrogen-bond acceptors (Lipinski definition) is 4. The lowest BCUT2D eigenvalue weighted by molar-refractivity contribution is -0.137. The Balaban J connectivity index is 1.72. The predicted molar refractivity (Wildman–Crippen MR) is 77.4 cm³/mol. The van der Waals surface area contributed by atoms with Gasteiger partial charge in [-0.25, -0.2) is 4.68 Å². The fourth-order valence-electron chi connectivity index (χ4n) is 2.24. The number of rotatable bonds is 5. The zero-order chi connectivity index (χ0) is 17.4. The molecule has 1 fully saturated rings. The minimum atomic E-state index is -4.46. The molecule has 0 atom stereocenters. The summed E-state index contributed by atoms with van der Waals surface area (Å²) in [5, 5.41) is 19.3. The van der Waals surface area contributed by atoms with Crippen LogP contribution in [0.4, 0.5) is 13.2 Å². The Bertz CT molecular complexity index is 753. The van der Waals surface area contributed by atoms with Crippen LogP contribution in [0.25, 0.3) is 5.69 Å². The van der Waals surface area contributed by atoms with Gasteiger partial charge in [0.25, 0.3) is 5.91 Å². The molecule has 0 bridgehead atoms. The summed E-state index contributed by atoms with van der Waals surface area (Å²) in [6.45, 7) is 0.336. The van der Waals surface area contributed by atoms with Crippen LogP contribution in [0.3, 0.4) is 0 Å². The maximum absolute atomic E-state index is 12.7. The zero-order valence-electron chi connectivity index (χ0n) is 12.5. The second-order valence-corrected chi connectivity index (χ2v) is 5.94. The maximum atomic E-state index is 12.7. The van der Waals surface area contributed by atoms with E-state index in [4.69, 9.17) is 0 Å². The summed E-state index contributed by atoms with van der Waals surface area (Å²) in [6, 6.07) is 4.59. The van der Waals surface area contributed by atoms with Gasteiger partial charge in [0.15, 0.2) is 5.69 Å². The van der Waals surface area contributed by atoms with Crippen LogP contribution in [-0.2, 0) is 6.18 Å². The van der Waals surface area contributed by atoms with Crippen LogP contribution in [0.2, 0.25) is 0 Å². The van der Waals surface area contributed by atoms with E-state index in [-0.39, 0.29) is 23.4 Å². The van der Waals surface area contributed by atoms with Crippen molar-refractivity contribution < 1.29 is 23.1 Å². The molecule has 1 amide bonds. The zero-order valence-corrected chi connectivity index (χ0v) is 12.5. The average molecular weight is 340 g/mol. The highest BCUT2D eigenvalue weighted by molar-refractivity contribution is 5.91. The number of carbonyl (C=O) groups excluding carboxylic acids is 1. The molecule has 1 heterocycles. The lowest BCUT2D eigenvalue weighted by Gasteiger charge is -2.11. The van der Waals surface area contributed by atoms with Crippen molar-refractivity contribution in [3.63, 3.8) is 0 Å². The minimum Gasteiger partial charge on any atom is -0.396 e. The number of alkyl halides is 3. The van der Waals surface area contributed by atoms with Crippen molar-refractivity contribution in [3.8, 4) is 5.69 Å². The quantitative estimate of drug-likeness (QED) is 0.870. The highest BCUT2D eigenvalue weighted by atomic mass is 19.4. The lowest BCUT2D eigenvalue weighted by atomic mass is 10.1. The van der Waals surface area contributed by atoms with Gasteiger partial charge in [0.2, 0.25) is 0 Å². The Morgan fingerprint density at radius 3 is 2.75 bits per heavy atom. The van der Waals surface area contributed by atoms with Gasteiger partial charge >= 0.3 is 6.18 Å². The van der Waals surface area contributed by atoms with Crippen molar-refractivity contribution in [2.24, 2.45) is 5.41 Å². The van der Waals surface area contributed by atoms with E-state index in [0.717, 1.165) is 29.7 Å². The van der Waals surface area contributed by atoms with Gasteiger partial charge in [0.05, 0.1) is 24.1 Å². The first kappa shape index (κ1) is 16.4. The van der Waals surface area contributed by atoms with E-state index in [9.17, 15) is 23.1 Å². The SMILES string of the molecule is O=C(NCC1(CO)CC1)c1cn(-c2cccc(C(F)(F)F)c2)nn1. The summed E-state index contributed by atoms with van der Waals surface area (Å²) in [5.41, 5.74) is -0.890. The second kappa shape index (κ2) is 5.90. The molecule has 1 aromatic carbocycles. The van der Waals surface area contributed by atoms with Crippen molar-refractivity contribution in [1.82, 2.24) is 20.3 Å². The molecule has 24 heavy (non-hydrogen) atoms. The molecule has 0 spiro atoms. The molecule has 1 saturated carbocycles. The summed E-state index contributed by atoms with van der Waals surface area (Å²) in [4.78, 5) is 12.0. The Kier molecular flexibility index (Phi) is 4.04. The summed E-state index contributed by atoms with van der Waals surface area (Å²) in [5.74, 6) is -0.479. The molecule has 9 heteroatoms. The smallest absolute Gasteiger partial charge is 0.396 e. The number of benzene rings is 1. The van der Waals surface area contributed by atoms with E-state index in [1.807, 2.05) is 0 Å². The molecule has 2 aromatic rings. The number of hydrogen-bond donors (Lipinski definition) is 2. The van der Waals surface area contributed by atoms with Crippen LogP contribution in [0, 0.1) is 5.41 Å². The van der Waals surface area contributed by atoms with Gasteiger partial charge in [-0.2, -0.15) is 13.2 Å². The molecule has 1 aromatic heterocycles. The van der Waals surface area contributed by atoms with Crippen LogP contribution in [0.15, 0.2) is 30.5 Å². The highest BCUT2D eigenvalue weighted by Crippen LogP contribution is 2.44. The molecule has 2 N–H and O–H groups in total. The monoisotopic (exact) mass is 340 g/mol. The molecule has 128 valence electrons. The largest absolute Gasteiger partial charge is 0.416 e. The third-order valence-electron chi connectivity index (χ3n) is 4.08. The van der Waals surface area contributed by atoms with Gasteiger partial charge in [0, 0.05) is 12.0 Å². The topological polar surface area (TPSA) is 80.0 Å².